The summed E-state index contributed by atoms with van der Waals surface area (Å²) in [4.78, 5) is 0. The summed E-state index contributed by atoms with van der Waals surface area (Å²) in [5.41, 5.74) is 2.23. The van der Waals surface area contributed by atoms with Crippen LogP contribution in [0.1, 0.15) is 22.8 Å². The Morgan fingerprint density at radius 2 is 1.88 bits per heavy atom. The van der Waals surface area contributed by atoms with Crippen molar-refractivity contribution in [2.45, 2.75) is 13.0 Å². The Balaban J connectivity index is 2.39. The van der Waals surface area contributed by atoms with Crippen molar-refractivity contribution in [2.24, 2.45) is 0 Å². The summed E-state index contributed by atoms with van der Waals surface area (Å²) in [6.07, 6.45) is -0.858. The summed E-state index contributed by atoms with van der Waals surface area (Å²) in [6.45, 7) is 1.94. The predicted octanol–water partition coefficient (Wildman–Crippen LogP) is 3.87. The highest BCUT2D eigenvalue weighted by atomic mass is 35.5. The van der Waals surface area contributed by atoms with E-state index in [9.17, 15) is 9.50 Å². The highest BCUT2D eigenvalue weighted by Crippen LogP contribution is 2.25. The molecular formula is C14H12ClFO. The molecule has 0 aliphatic rings. The van der Waals surface area contributed by atoms with Gasteiger partial charge in [-0.25, -0.2) is 4.39 Å². The molecule has 3 heteroatoms. The zero-order valence-electron chi connectivity index (χ0n) is 9.32. The van der Waals surface area contributed by atoms with Gasteiger partial charge in [0.25, 0.3) is 0 Å². The maximum atomic E-state index is 13.2. The largest absolute Gasteiger partial charge is 0.384 e. The predicted molar refractivity (Wildman–Crippen MR) is 66.7 cm³/mol. The molecule has 1 unspecified atom stereocenters. The number of benzene rings is 2. The standard InChI is InChI=1S/C14H12ClFO/c1-9-3-2-4-10(5-9)14(17)11-6-12(15)8-13(16)7-11/h2-8,14,17H,1H3. The summed E-state index contributed by atoms with van der Waals surface area (Å²) in [5.74, 6) is -0.445. The van der Waals surface area contributed by atoms with Crippen LogP contribution in [0.5, 0.6) is 0 Å². The fourth-order valence-corrected chi connectivity index (χ4v) is 2.00. The molecule has 0 aliphatic heterocycles. The van der Waals surface area contributed by atoms with Crippen LogP contribution in [0.25, 0.3) is 0 Å². The first-order valence-corrected chi connectivity index (χ1v) is 5.64. The van der Waals surface area contributed by atoms with E-state index in [0.717, 1.165) is 11.1 Å². The van der Waals surface area contributed by atoms with Crippen LogP contribution in [-0.4, -0.2) is 5.11 Å². The molecule has 0 fully saturated rings. The first-order valence-electron chi connectivity index (χ1n) is 5.27. The van der Waals surface area contributed by atoms with Crippen molar-refractivity contribution >= 4 is 11.6 Å². The third-order valence-electron chi connectivity index (χ3n) is 2.56. The molecule has 0 spiro atoms. The number of aliphatic hydroxyl groups is 1. The van der Waals surface area contributed by atoms with Crippen LogP contribution in [0.3, 0.4) is 0 Å². The fourth-order valence-electron chi connectivity index (χ4n) is 1.77. The monoisotopic (exact) mass is 250 g/mol. The molecule has 0 radical (unpaired) electrons. The summed E-state index contributed by atoms with van der Waals surface area (Å²) in [6, 6.07) is 11.5. The van der Waals surface area contributed by atoms with Crippen molar-refractivity contribution in [1.82, 2.24) is 0 Å². The second kappa shape index (κ2) is 4.86. The second-order valence-corrected chi connectivity index (χ2v) is 4.46. The highest BCUT2D eigenvalue weighted by Gasteiger charge is 2.12. The van der Waals surface area contributed by atoms with Crippen molar-refractivity contribution in [2.75, 3.05) is 0 Å². The molecule has 0 saturated heterocycles. The van der Waals surface area contributed by atoms with Gasteiger partial charge in [0, 0.05) is 5.02 Å². The van der Waals surface area contributed by atoms with Gasteiger partial charge in [0.15, 0.2) is 0 Å². The molecule has 0 aromatic heterocycles. The van der Waals surface area contributed by atoms with Crippen LogP contribution >= 0.6 is 11.6 Å². The first kappa shape index (κ1) is 12.1. The Morgan fingerprint density at radius 1 is 1.12 bits per heavy atom. The van der Waals surface area contributed by atoms with Gasteiger partial charge in [0.2, 0.25) is 0 Å². The Labute approximate surface area is 104 Å². The molecular weight excluding hydrogens is 239 g/mol. The summed E-state index contributed by atoms with van der Waals surface area (Å²) < 4.78 is 13.2. The van der Waals surface area contributed by atoms with Crippen molar-refractivity contribution in [3.8, 4) is 0 Å². The molecule has 1 atom stereocenters. The summed E-state index contributed by atoms with van der Waals surface area (Å²) in [7, 11) is 0. The SMILES string of the molecule is Cc1cccc(C(O)c2cc(F)cc(Cl)c2)c1. The van der Waals surface area contributed by atoms with E-state index in [1.807, 2.05) is 25.1 Å². The quantitative estimate of drug-likeness (QED) is 0.858. The van der Waals surface area contributed by atoms with Crippen LogP contribution in [0, 0.1) is 12.7 Å². The van der Waals surface area contributed by atoms with Gasteiger partial charge >= 0.3 is 0 Å². The van der Waals surface area contributed by atoms with E-state index < -0.39 is 11.9 Å². The van der Waals surface area contributed by atoms with Crippen LogP contribution in [0.2, 0.25) is 5.02 Å². The van der Waals surface area contributed by atoms with E-state index in [0.29, 0.717) is 5.56 Å². The van der Waals surface area contributed by atoms with E-state index in [1.54, 1.807) is 12.1 Å². The lowest BCUT2D eigenvalue weighted by molar-refractivity contribution is 0.219. The van der Waals surface area contributed by atoms with Gasteiger partial charge in [-0.05, 0) is 36.2 Å². The molecule has 1 nitrogen and oxygen atoms in total. The van der Waals surface area contributed by atoms with Gasteiger partial charge in [0.1, 0.15) is 11.9 Å². The number of aliphatic hydroxyl groups excluding tert-OH is 1. The average molecular weight is 251 g/mol. The van der Waals surface area contributed by atoms with Crippen LogP contribution in [-0.2, 0) is 0 Å². The Morgan fingerprint density at radius 3 is 2.53 bits per heavy atom. The molecule has 2 rings (SSSR count). The van der Waals surface area contributed by atoms with Crippen molar-refractivity contribution < 1.29 is 9.50 Å². The molecule has 17 heavy (non-hydrogen) atoms. The number of aryl methyl sites for hydroxylation is 1. The van der Waals surface area contributed by atoms with Gasteiger partial charge in [-0.2, -0.15) is 0 Å². The highest BCUT2D eigenvalue weighted by molar-refractivity contribution is 6.30. The first-order chi connectivity index (χ1) is 8.06. The van der Waals surface area contributed by atoms with Gasteiger partial charge in [-0.1, -0.05) is 41.4 Å². The number of halogens is 2. The molecule has 0 amide bonds. The van der Waals surface area contributed by atoms with Gasteiger partial charge in [-0.3, -0.25) is 0 Å². The van der Waals surface area contributed by atoms with Crippen molar-refractivity contribution in [3.05, 3.63) is 70.0 Å². The molecule has 2 aromatic rings. The van der Waals surface area contributed by atoms with Gasteiger partial charge in [0.05, 0.1) is 0 Å². The molecule has 0 bridgehead atoms. The average Bonchev–Trinajstić information content (AvgIpc) is 2.26. The van der Waals surface area contributed by atoms with Gasteiger partial charge < -0.3 is 5.11 Å². The normalized spacial score (nSPS) is 12.5. The molecule has 2 aromatic carbocycles. The number of hydrogen-bond donors (Lipinski definition) is 1. The van der Waals surface area contributed by atoms with E-state index in [-0.39, 0.29) is 5.02 Å². The number of hydrogen-bond acceptors (Lipinski definition) is 1. The lowest BCUT2D eigenvalue weighted by atomic mass is 10.00. The van der Waals surface area contributed by atoms with E-state index in [4.69, 9.17) is 11.6 Å². The minimum absolute atomic E-state index is 0.284. The van der Waals surface area contributed by atoms with Crippen LogP contribution in [0.15, 0.2) is 42.5 Å². The molecule has 0 saturated carbocycles. The second-order valence-electron chi connectivity index (χ2n) is 4.02. The lowest BCUT2D eigenvalue weighted by Gasteiger charge is -2.12. The zero-order chi connectivity index (χ0) is 12.4. The third-order valence-corrected chi connectivity index (χ3v) is 2.78. The van der Waals surface area contributed by atoms with E-state index in [1.165, 1.54) is 12.1 Å². The summed E-state index contributed by atoms with van der Waals surface area (Å²) >= 11 is 5.76. The fraction of sp³-hybridized carbons (Fsp3) is 0.143. The van der Waals surface area contributed by atoms with Crippen molar-refractivity contribution in [1.29, 1.82) is 0 Å². The van der Waals surface area contributed by atoms with E-state index in [2.05, 4.69) is 0 Å². The van der Waals surface area contributed by atoms with Crippen LogP contribution < -0.4 is 0 Å². The number of rotatable bonds is 2. The van der Waals surface area contributed by atoms with Crippen LogP contribution in [0.4, 0.5) is 4.39 Å². The Bertz CT molecular complexity index is 519. The Kier molecular flexibility index (Phi) is 3.46. The van der Waals surface area contributed by atoms with E-state index >= 15 is 0 Å². The van der Waals surface area contributed by atoms with Crippen molar-refractivity contribution in [3.63, 3.8) is 0 Å². The minimum Gasteiger partial charge on any atom is -0.384 e. The summed E-state index contributed by atoms with van der Waals surface area (Å²) in [5, 5.41) is 10.4. The van der Waals surface area contributed by atoms with Gasteiger partial charge in [-0.15, -0.1) is 0 Å². The third kappa shape index (κ3) is 2.84. The maximum Gasteiger partial charge on any atom is 0.125 e. The zero-order valence-corrected chi connectivity index (χ0v) is 10.1. The topological polar surface area (TPSA) is 20.2 Å². The lowest BCUT2D eigenvalue weighted by Crippen LogP contribution is -2.00. The molecule has 88 valence electrons. The molecule has 0 aliphatic carbocycles. The smallest absolute Gasteiger partial charge is 0.125 e. The maximum absolute atomic E-state index is 13.2. The molecule has 1 N–H and O–H groups in total. The molecule has 0 heterocycles. The minimum atomic E-state index is -0.858. The Hall–Kier alpha value is -1.38.